The lowest BCUT2D eigenvalue weighted by Gasteiger charge is -2.35. The molecule has 0 aromatic rings. The van der Waals surface area contributed by atoms with Gasteiger partial charge >= 0.3 is 6.03 Å². The summed E-state index contributed by atoms with van der Waals surface area (Å²) in [5.74, 6) is 0.782. The summed E-state index contributed by atoms with van der Waals surface area (Å²) in [6, 6.07) is 0.161. The summed E-state index contributed by atoms with van der Waals surface area (Å²) in [5, 5.41) is 3.16. The number of carbonyl (C=O) groups is 1. The maximum absolute atomic E-state index is 12.1. The molecule has 3 nitrogen and oxygen atoms in total. The van der Waals surface area contributed by atoms with Crippen LogP contribution in [0.15, 0.2) is 0 Å². The smallest absolute Gasteiger partial charge is 0.317 e. The highest BCUT2D eigenvalue weighted by Gasteiger charge is 2.28. The minimum atomic E-state index is 0.161. The third kappa shape index (κ3) is 3.63. The molecule has 2 amide bonds. The summed E-state index contributed by atoms with van der Waals surface area (Å²) in [6.45, 7) is 7.33. The van der Waals surface area contributed by atoms with Crippen LogP contribution in [-0.2, 0) is 0 Å². The topological polar surface area (TPSA) is 32.3 Å². The number of nitrogens with zero attached hydrogens (tertiary/aromatic N) is 1. The minimum Gasteiger partial charge on any atom is -0.337 e. The van der Waals surface area contributed by atoms with Gasteiger partial charge in [-0.1, -0.05) is 33.1 Å². The number of nitrogens with one attached hydrogen (secondary N) is 1. The van der Waals surface area contributed by atoms with Gasteiger partial charge in [0.25, 0.3) is 0 Å². The lowest BCUT2D eigenvalue weighted by molar-refractivity contribution is 0.159. The van der Waals surface area contributed by atoms with Gasteiger partial charge < -0.3 is 10.2 Å². The Morgan fingerprint density at radius 1 is 1.22 bits per heavy atom. The van der Waals surface area contributed by atoms with Crippen molar-refractivity contribution in [2.45, 2.75) is 58.8 Å². The van der Waals surface area contributed by atoms with Crippen LogP contribution in [0.25, 0.3) is 0 Å². The van der Waals surface area contributed by atoms with Crippen molar-refractivity contribution in [3.05, 3.63) is 0 Å². The van der Waals surface area contributed by atoms with Crippen molar-refractivity contribution < 1.29 is 4.79 Å². The summed E-state index contributed by atoms with van der Waals surface area (Å²) >= 11 is 0. The standard InChI is InChI=1S/C15H28N2O/c1-13-6-10-17(11-7-13)14(18)16-12-15(2)8-4-3-5-9-15/h13H,3-12H2,1-2H3,(H,16,18). The molecule has 1 aliphatic carbocycles. The summed E-state index contributed by atoms with van der Waals surface area (Å²) in [6.07, 6.45) is 8.87. The fourth-order valence-electron chi connectivity index (χ4n) is 3.19. The number of hydrogen-bond acceptors (Lipinski definition) is 1. The lowest BCUT2D eigenvalue weighted by atomic mass is 9.76. The zero-order chi connectivity index (χ0) is 13.0. The molecule has 0 radical (unpaired) electrons. The Hall–Kier alpha value is -0.730. The molecular formula is C15H28N2O. The van der Waals surface area contributed by atoms with Crippen LogP contribution in [-0.4, -0.2) is 30.6 Å². The van der Waals surface area contributed by atoms with Crippen LogP contribution in [0.2, 0.25) is 0 Å². The van der Waals surface area contributed by atoms with E-state index >= 15 is 0 Å². The molecule has 18 heavy (non-hydrogen) atoms. The van der Waals surface area contributed by atoms with Gasteiger partial charge in [-0.15, -0.1) is 0 Å². The molecule has 2 fully saturated rings. The normalized spacial score (nSPS) is 24.9. The minimum absolute atomic E-state index is 0.161. The van der Waals surface area contributed by atoms with E-state index in [1.807, 2.05) is 4.90 Å². The zero-order valence-corrected chi connectivity index (χ0v) is 12.0. The number of urea groups is 1. The van der Waals surface area contributed by atoms with E-state index in [9.17, 15) is 4.79 Å². The van der Waals surface area contributed by atoms with Crippen molar-refractivity contribution in [2.24, 2.45) is 11.3 Å². The largest absolute Gasteiger partial charge is 0.337 e. The fraction of sp³-hybridized carbons (Fsp3) is 0.933. The fourth-order valence-corrected chi connectivity index (χ4v) is 3.19. The van der Waals surface area contributed by atoms with Crippen LogP contribution in [0.5, 0.6) is 0 Å². The Kier molecular flexibility index (Phi) is 4.52. The first-order valence-electron chi connectivity index (χ1n) is 7.62. The van der Waals surface area contributed by atoms with Crippen molar-refractivity contribution in [1.29, 1.82) is 0 Å². The number of likely N-dealkylation sites (tertiary alicyclic amines) is 1. The van der Waals surface area contributed by atoms with Crippen LogP contribution in [0.1, 0.15) is 58.8 Å². The molecule has 3 heteroatoms. The highest BCUT2D eigenvalue weighted by Crippen LogP contribution is 2.34. The highest BCUT2D eigenvalue weighted by molar-refractivity contribution is 5.74. The Morgan fingerprint density at radius 2 is 1.83 bits per heavy atom. The van der Waals surface area contributed by atoms with E-state index in [4.69, 9.17) is 0 Å². The van der Waals surface area contributed by atoms with E-state index in [0.717, 1.165) is 38.4 Å². The Labute approximate surface area is 111 Å². The van der Waals surface area contributed by atoms with Gasteiger partial charge in [0.15, 0.2) is 0 Å². The molecule has 104 valence electrons. The van der Waals surface area contributed by atoms with Gasteiger partial charge in [-0.05, 0) is 37.0 Å². The SMILES string of the molecule is CC1CCN(C(=O)NCC2(C)CCCCC2)CC1. The van der Waals surface area contributed by atoms with E-state index < -0.39 is 0 Å². The molecule has 1 N–H and O–H groups in total. The molecule has 0 aromatic heterocycles. The molecule has 0 bridgehead atoms. The Balaban J connectivity index is 1.74. The summed E-state index contributed by atoms with van der Waals surface area (Å²) in [7, 11) is 0. The molecule has 2 aliphatic rings. The zero-order valence-electron chi connectivity index (χ0n) is 12.0. The maximum Gasteiger partial charge on any atom is 0.317 e. The highest BCUT2D eigenvalue weighted by atomic mass is 16.2. The van der Waals surface area contributed by atoms with E-state index in [0.29, 0.717) is 5.41 Å². The monoisotopic (exact) mass is 252 g/mol. The van der Waals surface area contributed by atoms with Crippen LogP contribution >= 0.6 is 0 Å². The summed E-state index contributed by atoms with van der Waals surface area (Å²) < 4.78 is 0. The third-order valence-corrected chi connectivity index (χ3v) is 4.80. The first-order chi connectivity index (χ1) is 8.59. The molecule has 0 atom stereocenters. The molecule has 1 saturated heterocycles. The van der Waals surface area contributed by atoms with Gasteiger partial charge in [0.05, 0.1) is 0 Å². The second kappa shape index (κ2) is 5.94. The van der Waals surface area contributed by atoms with Gasteiger partial charge in [0, 0.05) is 19.6 Å². The molecule has 1 saturated carbocycles. The van der Waals surface area contributed by atoms with Gasteiger partial charge in [0.2, 0.25) is 0 Å². The first-order valence-corrected chi connectivity index (χ1v) is 7.62. The molecule has 0 unspecified atom stereocenters. The molecule has 0 spiro atoms. The van der Waals surface area contributed by atoms with Crippen LogP contribution in [0.4, 0.5) is 4.79 Å². The number of rotatable bonds is 2. The van der Waals surface area contributed by atoms with Crippen molar-refractivity contribution in [2.75, 3.05) is 19.6 Å². The molecular weight excluding hydrogens is 224 g/mol. The van der Waals surface area contributed by atoms with E-state index in [-0.39, 0.29) is 6.03 Å². The quantitative estimate of drug-likeness (QED) is 0.802. The predicted octanol–water partition coefficient (Wildman–Crippen LogP) is 3.40. The average Bonchev–Trinajstić information content (AvgIpc) is 2.38. The van der Waals surface area contributed by atoms with Gasteiger partial charge in [-0.3, -0.25) is 0 Å². The van der Waals surface area contributed by atoms with Crippen LogP contribution < -0.4 is 5.32 Å². The summed E-state index contributed by atoms with van der Waals surface area (Å²) in [4.78, 5) is 14.1. The van der Waals surface area contributed by atoms with Gasteiger partial charge in [-0.25, -0.2) is 4.79 Å². The van der Waals surface area contributed by atoms with E-state index in [1.54, 1.807) is 0 Å². The molecule has 2 rings (SSSR count). The van der Waals surface area contributed by atoms with Crippen LogP contribution in [0.3, 0.4) is 0 Å². The predicted molar refractivity (Wildman–Crippen MR) is 74.6 cm³/mol. The van der Waals surface area contributed by atoms with Crippen LogP contribution in [0, 0.1) is 11.3 Å². The van der Waals surface area contributed by atoms with Crippen molar-refractivity contribution >= 4 is 6.03 Å². The number of piperidine rings is 1. The van der Waals surface area contributed by atoms with E-state index in [1.165, 1.54) is 32.1 Å². The van der Waals surface area contributed by atoms with Gasteiger partial charge in [0.1, 0.15) is 0 Å². The summed E-state index contributed by atoms with van der Waals surface area (Å²) in [5.41, 5.74) is 0.344. The Morgan fingerprint density at radius 3 is 2.44 bits per heavy atom. The first kappa shape index (κ1) is 13.7. The number of amides is 2. The van der Waals surface area contributed by atoms with Crippen molar-refractivity contribution in [3.63, 3.8) is 0 Å². The molecule has 1 heterocycles. The average molecular weight is 252 g/mol. The number of carbonyl (C=O) groups excluding carboxylic acids is 1. The molecule has 0 aromatic carbocycles. The number of hydrogen-bond donors (Lipinski definition) is 1. The maximum atomic E-state index is 12.1. The molecule has 1 aliphatic heterocycles. The van der Waals surface area contributed by atoms with Crippen molar-refractivity contribution in [1.82, 2.24) is 10.2 Å². The van der Waals surface area contributed by atoms with Gasteiger partial charge in [-0.2, -0.15) is 0 Å². The lowest BCUT2D eigenvalue weighted by Crippen LogP contribution is -2.47. The second-order valence-corrected chi connectivity index (χ2v) is 6.70. The third-order valence-electron chi connectivity index (χ3n) is 4.80. The second-order valence-electron chi connectivity index (χ2n) is 6.70. The Bertz CT molecular complexity index is 276. The van der Waals surface area contributed by atoms with E-state index in [2.05, 4.69) is 19.2 Å². The van der Waals surface area contributed by atoms with Crippen molar-refractivity contribution in [3.8, 4) is 0 Å².